The molecule has 8 nitrogen and oxygen atoms in total. The van der Waals surface area contributed by atoms with Crippen molar-refractivity contribution in [1.82, 2.24) is 25.0 Å². The van der Waals surface area contributed by atoms with Crippen molar-refractivity contribution in [3.05, 3.63) is 73.2 Å². The Morgan fingerprint density at radius 3 is 2.56 bits per heavy atom. The van der Waals surface area contributed by atoms with E-state index in [4.69, 9.17) is 0 Å². The standard InChI is InChI=1S/C24H23N7O/c1-30-21(12-14-26-30)17-6-8-19(9-7-17)31-15-3-5-22(31)24(32)27-23-11-10-20(28-29-23)18-4-2-13-25-16-18/h2,4,6-14,16,22H,3,5,15H2,1H3,(H,27,29,32)/t22-/m0/s1. The lowest BCUT2D eigenvalue weighted by molar-refractivity contribution is -0.117. The maximum absolute atomic E-state index is 13.0. The Bertz CT molecular complexity index is 1200. The minimum Gasteiger partial charge on any atom is -0.360 e. The third-order valence-corrected chi connectivity index (χ3v) is 5.74. The lowest BCUT2D eigenvalue weighted by Gasteiger charge is -2.26. The van der Waals surface area contributed by atoms with E-state index in [0.29, 0.717) is 11.5 Å². The highest BCUT2D eigenvalue weighted by Crippen LogP contribution is 2.29. The zero-order valence-corrected chi connectivity index (χ0v) is 17.7. The maximum atomic E-state index is 13.0. The van der Waals surface area contributed by atoms with Gasteiger partial charge in [-0.15, -0.1) is 10.2 Å². The van der Waals surface area contributed by atoms with Crippen LogP contribution >= 0.6 is 0 Å². The minimum absolute atomic E-state index is 0.0679. The highest BCUT2D eigenvalue weighted by atomic mass is 16.2. The number of hydrogen-bond acceptors (Lipinski definition) is 6. The zero-order valence-electron chi connectivity index (χ0n) is 17.7. The van der Waals surface area contributed by atoms with Gasteiger partial charge in [0.2, 0.25) is 5.91 Å². The predicted molar refractivity (Wildman–Crippen MR) is 123 cm³/mol. The van der Waals surface area contributed by atoms with Crippen LogP contribution in [0.4, 0.5) is 11.5 Å². The van der Waals surface area contributed by atoms with Crippen LogP contribution in [0.2, 0.25) is 0 Å². The van der Waals surface area contributed by atoms with Crippen molar-refractivity contribution in [2.24, 2.45) is 7.05 Å². The van der Waals surface area contributed by atoms with Gasteiger partial charge < -0.3 is 10.2 Å². The van der Waals surface area contributed by atoms with E-state index in [0.717, 1.165) is 41.9 Å². The Hall–Kier alpha value is -4.07. The summed E-state index contributed by atoms with van der Waals surface area (Å²) in [6.07, 6.45) is 7.00. The summed E-state index contributed by atoms with van der Waals surface area (Å²) in [6.45, 7) is 0.842. The van der Waals surface area contributed by atoms with Gasteiger partial charge in [-0.25, -0.2) is 0 Å². The number of benzene rings is 1. The van der Waals surface area contributed by atoms with E-state index in [1.807, 2.05) is 36.0 Å². The Morgan fingerprint density at radius 1 is 1.00 bits per heavy atom. The van der Waals surface area contributed by atoms with E-state index in [9.17, 15) is 4.79 Å². The van der Waals surface area contributed by atoms with E-state index in [1.165, 1.54) is 0 Å². The molecule has 1 fully saturated rings. The molecule has 32 heavy (non-hydrogen) atoms. The van der Waals surface area contributed by atoms with Gasteiger partial charge in [0.25, 0.3) is 0 Å². The number of nitrogens with zero attached hydrogens (tertiary/aromatic N) is 6. The van der Waals surface area contributed by atoms with E-state index < -0.39 is 0 Å². The second-order valence-electron chi connectivity index (χ2n) is 7.77. The molecule has 1 aliphatic heterocycles. The number of nitrogens with one attached hydrogen (secondary N) is 1. The van der Waals surface area contributed by atoms with Crippen LogP contribution in [0.15, 0.2) is 73.2 Å². The second kappa shape index (κ2) is 8.58. The molecule has 0 radical (unpaired) electrons. The molecule has 3 aromatic heterocycles. The van der Waals surface area contributed by atoms with Crippen LogP contribution in [0, 0.1) is 0 Å². The summed E-state index contributed by atoms with van der Waals surface area (Å²) in [5.41, 5.74) is 4.78. The number of carbonyl (C=O) groups excluding carboxylic acids is 1. The third kappa shape index (κ3) is 3.94. The number of carbonyl (C=O) groups is 1. The van der Waals surface area contributed by atoms with Crippen molar-refractivity contribution in [3.8, 4) is 22.5 Å². The van der Waals surface area contributed by atoms with Gasteiger partial charge in [0, 0.05) is 43.4 Å². The molecule has 160 valence electrons. The number of amides is 1. The molecular weight excluding hydrogens is 402 g/mol. The number of aryl methyl sites for hydroxylation is 1. The molecule has 0 saturated carbocycles. The third-order valence-electron chi connectivity index (χ3n) is 5.74. The van der Waals surface area contributed by atoms with Crippen molar-refractivity contribution in [2.75, 3.05) is 16.8 Å². The lowest BCUT2D eigenvalue weighted by Crippen LogP contribution is -2.39. The van der Waals surface area contributed by atoms with Crippen molar-refractivity contribution < 1.29 is 4.79 Å². The van der Waals surface area contributed by atoms with Crippen LogP contribution in [0.25, 0.3) is 22.5 Å². The molecule has 0 aliphatic carbocycles. The molecule has 0 spiro atoms. The summed E-state index contributed by atoms with van der Waals surface area (Å²) in [5, 5.41) is 15.5. The molecule has 1 atom stereocenters. The van der Waals surface area contributed by atoms with Gasteiger partial charge in [-0.05, 0) is 60.9 Å². The molecule has 1 amide bonds. The summed E-state index contributed by atoms with van der Waals surface area (Å²) < 4.78 is 1.85. The average Bonchev–Trinajstić information content (AvgIpc) is 3.50. The van der Waals surface area contributed by atoms with Gasteiger partial charge in [-0.3, -0.25) is 14.5 Å². The first-order valence-corrected chi connectivity index (χ1v) is 10.6. The monoisotopic (exact) mass is 425 g/mol. The van der Waals surface area contributed by atoms with Crippen LogP contribution in [-0.2, 0) is 11.8 Å². The SMILES string of the molecule is Cn1nccc1-c1ccc(N2CCC[C@H]2C(=O)Nc2ccc(-c3cccnc3)nn2)cc1. The van der Waals surface area contributed by atoms with Crippen molar-refractivity contribution in [2.45, 2.75) is 18.9 Å². The first-order valence-electron chi connectivity index (χ1n) is 10.6. The molecule has 1 aliphatic rings. The van der Waals surface area contributed by atoms with E-state index in [1.54, 1.807) is 24.7 Å². The average molecular weight is 425 g/mol. The van der Waals surface area contributed by atoms with Crippen LogP contribution < -0.4 is 10.2 Å². The molecular formula is C24H23N7O. The predicted octanol–water partition coefficient (Wildman–Crippen LogP) is 3.55. The van der Waals surface area contributed by atoms with E-state index in [-0.39, 0.29) is 11.9 Å². The number of aromatic nitrogens is 5. The number of rotatable bonds is 5. The highest BCUT2D eigenvalue weighted by molar-refractivity contribution is 5.96. The largest absolute Gasteiger partial charge is 0.360 e. The molecule has 4 heterocycles. The Kier molecular flexibility index (Phi) is 5.33. The Balaban J connectivity index is 1.28. The molecule has 0 bridgehead atoms. The van der Waals surface area contributed by atoms with Gasteiger partial charge in [-0.2, -0.15) is 5.10 Å². The van der Waals surface area contributed by atoms with Gasteiger partial charge in [-0.1, -0.05) is 12.1 Å². The summed E-state index contributed by atoms with van der Waals surface area (Å²) in [6, 6.07) is 17.4. The fourth-order valence-electron chi connectivity index (χ4n) is 4.11. The van der Waals surface area contributed by atoms with Crippen LogP contribution in [0.5, 0.6) is 0 Å². The molecule has 1 N–H and O–H groups in total. The summed E-state index contributed by atoms with van der Waals surface area (Å²) in [5.74, 6) is 0.377. The van der Waals surface area contributed by atoms with Crippen LogP contribution in [0.3, 0.4) is 0 Å². The Morgan fingerprint density at radius 2 is 1.88 bits per heavy atom. The zero-order chi connectivity index (χ0) is 21.9. The number of pyridine rings is 1. The molecule has 5 rings (SSSR count). The van der Waals surface area contributed by atoms with Crippen molar-refractivity contribution in [1.29, 1.82) is 0 Å². The highest BCUT2D eigenvalue weighted by Gasteiger charge is 2.31. The van der Waals surface area contributed by atoms with Crippen molar-refractivity contribution in [3.63, 3.8) is 0 Å². The quantitative estimate of drug-likeness (QED) is 0.526. The number of hydrogen-bond donors (Lipinski definition) is 1. The lowest BCUT2D eigenvalue weighted by atomic mass is 10.1. The smallest absolute Gasteiger partial charge is 0.248 e. The molecule has 1 saturated heterocycles. The van der Waals surface area contributed by atoms with Gasteiger partial charge in [0.15, 0.2) is 5.82 Å². The summed E-state index contributed by atoms with van der Waals surface area (Å²) in [7, 11) is 1.93. The van der Waals surface area contributed by atoms with Gasteiger partial charge in [0.05, 0.1) is 11.4 Å². The maximum Gasteiger partial charge on any atom is 0.248 e. The summed E-state index contributed by atoms with van der Waals surface area (Å²) in [4.78, 5) is 19.3. The van der Waals surface area contributed by atoms with E-state index in [2.05, 4.69) is 54.8 Å². The van der Waals surface area contributed by atoms with Gasteiger partial charge >= 0.3 is 0 Å². The van der Waals surface area contributed by atoms with Crippen LogP contribution in [0.1, 0.15) is 12.8 Å². The second-order valence-corrected chi connectivity index (χ2v) is 7.77. The first-order chi connectivity index (χ1) is 15.7. The normalized spacial score (nSPS) is 15.7. The Labute approximate surface area is 185 Å². The number of anilines is 2. The molecule has 4 aromatic rings. The topological polar surface area (TPSA) is 88.8 Å². The summed E-state index contributed by atoms with van der Waals surface area (Å²) >= 11 is 0. The van der Waals surface area contributed by atoms with Crippen molar-refractivity contribution >= 4 is 17.4 Å². The van der Waals surface area contributed by atoms with Gasteiger partial charge in [0.1, 0.15) is 6.04 Å². The fourth-order valence-corrected chi connectivity index (χ4v) is 4.11. The molecule has 0 unspecified atom stereocenters. The van der Waals surface area contributed by atoms with Crippen LogP contribution in [-0.4, -0.2) is 43.5 Å². The molecule has 1 aromatic carbocycles. The fraction of sp³-hybridized carbons (Fsp3) is 0.208. The molecule has 8 heteroatoms. The first kappa shape index (κ1) is 19.9. The van der Waals surface area contributed by atoms with E-state index >= 15 is 0 Å². The minimum atomic E-state index is -0.239.